The molecule has 1 amide bonds. The second kappa shape index (κ2) is 8.87. The Balaban J connectivity index is 2.32. The molecule has 1 fully saturated rings. The highest BCUT2D eigenvalue weighted by Crippen LogP contribution is 2.36. The van der Waals surface area contributed by atoms with E-state index in [0.717, 1.165) is 16.7 Å². The average molecular weight is 409 g/mol. The first-order valence-electron chi connectivity index (χ1n) is 7.77. The van der Waals surface area contributed by atoms with E-state index in [0.29, 0.717) is 23.7 Å². The number of amides is 1. The number of benzene rings is 1. The van der Waals surface area contributed by atoms with Gasteiger partial charge in [-0.1, -0.05) is 30.0 Å². The van der Waals surface area contributed by atoms with Crippen molar-refractivity contribution < 1.29 is 34.1 Å². The number of nitrogens with zero attached hydrogens (tertiary/aromatic N) is 1. The standard InChI is InChI=1S/C17H17NO7S2/c1-3-25-11-5-4-9(6-12(11)24-2)7-13-15(21)18(17(26)27-13)10(16(22)23)8-14(19)20/h4-7,10H,3,8H2,1-2H3,(H,19,20)(H,22,23)/p-2/b13-7+/t10-/m0/s1. The van der Waals surface area contributed by atoms with Crippen molar-refractivity contribution >= 4 is 52.2 Å². The molecular weight excluding hydrogens is 394 g/mol. The van der Waals surface area contributed by atoms with Crippen molar-refractivity contribution in [2.45, 2.75) is 19.4 Å². The van der Waals surface area contributed by atoms with Gasteiger partial charge in [-0.3, -0.25) is 9.69 Å². The summed E-state index contributed by atoms with van der Waals surface area (Å²) >= 11 is 5.91. The first-order chi connectivity index (χ1) is 12.8. The van der Waals surface area contributed by atoms with E-state index in [2.05, 4.69) is 0 Å². The van der Waals surface area contributed by atoms with E-state index < -0.39 is 30.3 Å². The lowest BCUT2D eigenvalue weighted by Gasteiger charge is -2.27. The summed E-state index contributed by atoms with van der Waals surface area (Å²) in [5.41, 5.74) is 0.598. The van der Waals surface area contributed by atoms with Gasteiger partial charge in [0.25, 0.3) is 5.91 Å². The number of carbonyl (C=O) groups is 3. The number of thiocarbonyl (C=S) groups is 1. The quantitative estimate of drug-likeness (QED) is 0.415. The highest BCUT2D eigenvalue weighted by atomic mass is 32.2. The van der Waals surface area contributed by atoms with Gasteiger partial charge in [0.15, 0.2) is 11.5 Å². The molecule has 1 aromatic carbocycles. The van der Waals surface area contributed by atoms with Crippen LogP contribution < -0.4 is 19.7 Å². The van der Waals surface area contributed by atoms with Gasteiger partial charge in [-0.2, -0.15) is 0 Å². The summed E-state index contributed by atoms with van der Waals surface area (Å²) in [4.78, 5) is 35.5. The molecule has 0 radical (unpaired) electrons. The van der Waals surface area contributed by atoms with Gasteiger partial charge in [-0.25, -0.2) is 0 Å². The third-order valence-corrected chi connectivity index (χ3v) is 4.88. The fraction of sp³-hybridized carbons (Fsp3) is 0.294. The highest BCUT2D eigenvalue weighted by Gasteiger charge is 2.37. The summed E-state index contributed by atoms with van der Waals surface area (Å²) in [5, 5.41) is 22.0. The molecule has 2 rings (SSSR count). The van der Waals surface area contributed by atoms with Crippen molar-refractivity contribution in [3.8, 4) is 11.5 Å². The van der Waals surface area contributed by atoms with E-state index >= 15 is 0 Å². The SMILES string of the molecule is CCOc1ccc(/C=C2/SC(=S)N([C@@H](CC(=O)[O-])C(=O)[O-])C2=O)cc1OC. The topological polar surface area (TPSA) is 119 Å². The Morgan fingerprint density at radius 2 is 2.04 bits per heavy atom. The predicted molar refractivity (Wildman–Crippen MR) is 97.6 cm³/mol. The van der Waals surface area contributed by atoms with Crippen LogP contribution in [0.4, 0.5) is 0 Å². The number of carbonyl (C=O) groups excluding carboxylic acids is 3. The molecule has 1 atom stereocenters. The second-order valence-electron chi connectivity index (χ2n) is 5.31. The van der Waals surface area contributed by atoms with Crippen LogP contribution in [0.15, 0.2) is 23.1 Å². The minimum Gasteiger partial charge on any atom is -0.550 e. The van der Waals surface area contributed by atoms with Crippen LogP contribution in [0.25, 0.3) is 6.08 Å². The van der Waals surface area contributed by atoms with Crippen molar-refractivity contribution in [2.24, 2.45) is 0 Å². The van der Waals surface area contributed by atoms with Crippen LogP contribution in [0.3, 0.4) is 0 Å². The summed E-state index contributed by atoms with van der Waals surface area (Å²) < 4.78 is 10.6. The molecule has 8 nitrogen and oxygen atoms in total. The molecule has 0 saturated carbocycles. The molecule has 27 heavy (non-hydrogen) atoms. The van der Waals surface area contributed by atoms with Crippen molar-refractivity contribution in [3.05, 3.63) is 28.7 Å². The maximum absolute atomic E-state index is 12.6. The van der Waals surface area contributed by atoms with Gasteiger partial charge in [0.05, 0.1) is 30.6 Å². The van der Waals surface area contributed by atoms with Gasteiger partial charge >= 0.3 is 0 Å². The van der Waals surface area contributed by atoms with Gasteiger partial charge in [-0.05, 0) is 30.7 Å². The third-order valence-electron chi connectivity index (χ3n) is 3.55. The molecule has 1 aliphatic rings. The number of ether oxygens (including phenoxy) is 2. The smallest absolute Gasteiger partial charge is 0.266 e. The number of aliphatic carboxylic acids is 2. The molecule has 0 aliphatic carbocycles. The van der Waals surface area contributed by atoms with Crippen molar-refractivity contribution in [3.63, 3.8) is 0 Å². The number of rotatable bonds is 8. The number of hydrogen-bond donors (Lipinski definition) is 0. The van der Waals surface area contributed by atoms with Crippen LogP contribution in [0.2, 0.25) is 0 Å². The van der Waals surface area contributed by atoms with E-state index in [1.165, 1.54) is 13.2 Å². The number of hydrogen-bond acceptors (Lipinski definition) is 9. The summed E-state index contributed by atoms with van der Waals surface area (Å²) in [6.45, 7) is 2.29. The minimum atomic E-state index is -1.73. The molecule has 1 heterocycles. The van der Waals surface area contributed by atoms with E-state index in [4.69, 9.17) is 21.7 Å². The van der Waals surface area contributed by atoms with E-state index in [1.54, 1.807) is 18.2 Å². The summed E-state index contributed by atoms with van der Waals surface area (Å²) in [7, 11) is 1.48. The molecule has 0 N–H and O–H groups in total. The lowest BCUT2D eigenvalue weighted by Crippen LogP contribution is -2.52. The number of carboxylic acids is 2. The Bertz CT molecular complexity index is 821. The first kappa shape index (κ1) is 20.7. The van der Waals surface area contributed by atoms with Crippen molar-refractivity contribution in [2.75, 3.05) is 13.7 Å². The summed E-state index contributed by atoms with van der Waals surface area (Å²) in [6, 6.07) is 3.28. The monoisotopic (exact) mass is 409 g/mol. The van der Waals surface area contributed by atoms with E-state index in [1.807, 2.05) is 6.92 Å². The van der Waals surface area contributed by atoms with Crippen LogP contribution in [0.5, 0.6) is 11.5 Å². The molecule has 1 aliphatic heterocycles. The summed E-state index contributed by atoms with van der Waals surface area (Å²) in [5.74, 6) is -3.06. The van der Waals surface area contributed by atoms with E-state index in [9.17, 15) is 24.6 Å². The van der Waals surface area contributed by atoms with Gasteiger partial charge in [0, 0.05) is 12.4 Å². The molecule has 10 heteroatoms. The first-order valence-corrected chi connectivity index (χ1v) is 8.99. The Kier molecular flexibility index (Phi) is 6.81. The van der Waals surface area contributed by atoms with Crippen molar-refractivity contribution in [1.29, 1.82) is 0 Å². The fourth-order valence-electron chi connectivity index (χ4n) is 2.39. The average Bonchev–Trinajstić information content (AvgIpc) is 2.87. The Morgan fingerprint density at radius 1 is 1.33 bits per heavy atom. The van der Waals surface area contributed by atoms with Gasteiger partial charge in [0.1, 0.15) is 4.32 Å². The highest BCUT2D eigenvalue weighted by molar-refractivity contribution is 8.26. The van der Waals surface area contributed by atoms with Crippen LogP contribution in [0.1, 0.15) is 18.9 Å². The Labute approximate surface area is 164 Å². The zero-order valence-corrected chi connectivity index (χ0v) is 16.1. The van der Waals surface area contributed by atoms with Gasteiger partial charge in [-0.15, -0.1) is 0 Å². The minimum absolute atomic E-state index is 0.0698. The van der Waals surface area contributed by atoms with Crippen LogP contribution in [-0.4, -0.2) is 46.8 Å². The Morgan fingerprint density at radius 3 is 2.59 bits per heavy atom. The van der Waals surface area contributed by atoms with Crippen LogP contribution in [0, 0.1) is 0 Å². The molecule has 1 saturated heterocycles. The van der Waals surface area contributed by atoms with Crippen LogP contribution in [-0.2, 0) is 14.4 Å². The predicted octanol–water partition coefficient (Wildman–Crippen LogP) is -0.446. The molecule has 144 valence electrons. The number of methoxy groups -OCH3 is 1. The lowest BCUT2D eigenvalue weighted by molar-refractivity contribution is -0.319. The van der Waals surface area contributed by atoms with Crippen molar-refractivity contribution in [1.82, 2.24) is 4.90 Å². The van der Waals surface area contributed by atoms with E-state index in [-0.39, 0.29) is 9.23 Å². The molecule has 1 aromatic rings. The summed E-state index contributed by atoms with van der Waals surface area (Å²) in [6.07, 6.45) is 0.585. The van der Waals surface area contributed by atoms with Crippen LogP contribution >= 0.6 is 24.0 Å². The molecule has 0 spiro atoms. The molecule has 0 aromatic heterocycles. The second-order valence-corrected chi connectivity index (χ2v) is 6.98. The van der Waals surface area contributed by atoms with Gasteiger partial charge < -0.3 is 29.3 Å². The maximum atomic E-state index is 12.6. The fourth-order valence-corrected chi connectivity index (χ4v) is 3.74. The van der Waals surface area contributed by atoms with Gasteiger partial charge in [0.2, 0.25) is 0 Å². The maximum Gasteiger partial charge on any atom is 0.266 e. The Hall–Kier alpha value is -2.59. The zero-order valence-electron chi connectivity index (χ0n) is 14.4. The molecular formula is C17H15NO7S2-2. The number of carboxylic acid groups (broad SMARTS) is 2. The lowest BCUT2D eigenvalue weighted by atomic mass is 10.1. The third kappa shape index (κ3) is 4.77. The molecule has 0 bridgehead atoms. The zero-order chi connectivity index (χ0) is 20.1. The normalized spacial score (nSPS) is 16.5. The number of thioether (sulfide) groups is 1. The largest absolute Gasteiger partial charge is 0.550 e. The molecule has 0 unspecified atom stereocenters.